The Hall–Kier alpha value is -1.84. The number of hydrogen-bond donors (Lipinski definition) is 1. The average molecular weight is 259 g/mol. The van der Waals surface area contributed by atoms with Crippen molar-refractivity contribution in [1.82, 2.24) is 9.55 Å². The minimum absolute atomic E-state index is 0.654. The minimum atomic E-state index is -0.755. The lowest BCUT2D eigenvalue weighted by Gasteiger charge is -2.13. The van der Waals surface area contributed by atoms with Gasteiger partial charge in [0.2, 0.25) is 0 Å². The van der Waals surface area contributed by atoms with Crippen molar-refractivity contribution >= 4 is 22.6 Å². The lowest BCUT2D eigenvalue weighted by molar-refractivity contribution is 0.150. The minimum Gasteiger partial charge on any atom is -0.369 e. The Bertz CT molecular complexity index is 676. The summed E-state index contributed by atoms with van der Waals surface area (Å²) in [6.07, 6.45) is 0.888. The second kappa shape index (κ2) is 4.44. The standard InChI is InChI=1S/C14H11ClN2O/c15-11-7-5-10(6-8-11)14(18)17-9-16-12-3-1-2-4-13(12)17/h1-9,14,18H. The first-order valence-electron chi connectivity index (χ1n) is 5.61. The van der Waals surface area contributed by atoms with Crippen LogP contribution in [0.4, 0.5) is 0 Å². The van der Waals surface area contributed by atoms with Crippen molar-refractivity contribution in [3.63, 3.8) is 0 Å². The summed E-state index contributed by atoms with van der Waals surface area (Å²) in [5.74, 6) is 0. The Balaban J connectivity index is 2.06. The summed E-state index contributed by atoms with van der Waals surface area (Å²) in [6, 6.07) is 14.8. The van der Waals surface area contributed by atoms with Crippen molar-refractivity contribution in [3.8, 4) is 0 Å². The van der Waals surface area contributed by atoms with Gasteiger partial charge in [-0.2, -0.15) is 0 Å². The molecule has 3 nitrogen and oxygen atoms in total. The van der Waals surface area contributed by atoms with Gasteiger partial charge in [-0.15, -0.1) is 0 Å². The number of fused-ring (bicyclic) bond motifs is 1. The first-order chi connectivity index (χ1) is 8.75. The predicted octanol–water partition coefficient (Wildman–Crippen LogP) is 3.23. The van der Waals surface area contributed by atoms with Gasteiger partial charge in [-0.05, 0) is 24.3 Å². The van der Waals surface area contributed by atoms with Crippen LogP contribution in [-0.4, -0.2) is 14.7 Å². The van der Waals surface area contributed by atoms with Gasteiger partial charge in [0.25, 0.3) is 0 Å². The largest absolute Gasteiger partial charge is 0.369 e. The van der Waals surface area contributed by atoms with Crippen LogP contribution in [0.25, 0.3) is 11.0 Å². The molecule has 0 amide bonds. The van der Waals surface area contributed by atoms with Crippen molar-refractivity contribution in [2.75, 3.05) is 0 Å². The summed E-state index contributed by atoms with van der Waals surface area (Å²) < 4.78 is 1.73. The van der Waals surface area contributed by atoms with E-state index in [4.69, 9.17) is 11.6 Å². The molecule has 1 N–H and O–H groups in total. The molecule has 0 fully saturated rings. The van der Waals surface area contributed by atoms with Crippen LogP contribution >= 0.6 is 11.6 Å². The van der Waals surface area contributed by atoms with E-state index in [0.717, 1.165) is 16.6 Å². The molecule has 0 spiro atoms. The third-order valence-electron chi connectivity index (χ3n) is 2.91. The van der Waals surface area contributed by atoms with Gasteiger partial charge in [-0.1, -0.05) is 35.9 Å². The molecule has 0 saturated heterocycles. The summed E-state index contributed by atoms with van der Waals surface area (Å²) in [6.45, 7) is 0. The Morgan fingerprint density at radius 3 is 2.56 bits per heavy atom. The van der Waals surface area contributed by atoms with Crippen LogP contribution in [0.3, 0.4) is 0 Å². The quantitative estimate of drug-likeness (QED) is 0.766. The number of para-hydroxylation sites is 2. The van der Waals surface area contributed by atoms with Crippen molar-refractivity contribution in [1.29, 1.82) is 0 Å². The van der Waals surface area contributed by atoms with Gasteiger partial charge in [0.05, 0.1) is 17.4 Å². The SMILES string of the molecule is OC(c1ccc(Cl)cc1)n1cnc2ccccc21. The van der Waals surface area contributed by atoms with Crippen LogP contribution in [0.15, 0.2) is 54.9 Å². The van der Waals surface area contributed by atoms with Crippen molar-refractivity contribution in [3.05, 3.63) is 65.4 Å². The zero-order chi connectivity index (χ0) is 12.5. The van der Waals surface area contributed by atoms with E-state index in [1.807, 2.05) is 36.4 Å². The molecule has 1 heterocycles. The summed E-state index contributed by atoms with van der Waals surface area (Å²) in [4.78, 5) is 4.26. The molecular formula is C14H11ClN2O. The highest BCUT2D eigenvalue weighted by Crippen LogP contribution is 2.22. The molecule has 90 valence electrons. The molecule has 0 aliphatic carbocycles. The lowest BCUT2D eigenvalue weighted by atomic mass is 10.2. The number of rotatable bonds is 2. The fourth-order valence-corrected chi connectivity index (χ4v) is 2.09. The van der Waals surface area contributed by atoms with E-state index in [1.165, 1.54) is 0 Å². The van der Waals surface area contributed by atoms with Crippen molar-refractivity contribution in [2.45, 2.75) is 6.23 Å². The topological polar surface area (TPSA) is 38.0 Å². The highest BCUT2D eigenvalue weighted by molar-refractivity contribution is 6.30. The molecular weight excluding hydrogens is 248 g/mol. The number of aliphatic hydroxyl groups is 1. The summed E-state index contributed by atoms with van der Waals surface area (Å²) in [5, 5.41) is 11.0. The van der Waals surface area contributed by atoms with Gasteiger partial charge in [0.15, 0.2) is 6.23 Å². The fraction of sp³-hybridized carbons (Fsp3) is 0.0714. The third kappa shape index (κ3) is 1.88. The number of nitrogens with zero attached hydrogens (tertiary/aromatic N) is 2. The maximum Gasteiger partial charge on any atom is 0.158 e. The molecule has 0 aliphatic heterocycles. The van der Waals surface area contributed by atoms with E-state index < -0.39 is 6.23 Å². The molecule has 4 heteroatoms. The molecule has 3 rings (SSSR count). The smallest absolute Gasteiger partial charge is 0.158 e. The Morgan fingerprint density at radius 2 is 1.78 bits per heavy atom. The molecule has 18 heavy (non-hydrogen) atoms. The van der Waals surface area contributed by atoms with Crippen LogP contribution in [0.5, 0.6) is 0 Å². The van der Waals surface area contributed by atoms with Gasteiger partial charge in [0, 0.05) is 10.6 Å². The third-order valence-corrected chi connectivity index (χ3v) is 3.16. The normalized spacial score (nSPS) is 12.8. The molecule has 1 atom stereocenters. The molecule has 0 bridgehead atoms. The molecule has 1 aromatic heterocycles. The zero-order valence-electron chi connectivity index (χ0n) is 9.49. The first kappa shape index (κ1) is 11.3. The van der Waals surface area contributed by atoms with Crippen LogP contribution in [0.1, 0.15) is 11.8 Å². The summed E-state index contributed by atoms with van der Waals surface area (Å²) in [7, 11) is 0. The highest BCUT2D eigenvalue weighted by Gasteiger charge is 2.12. The number of halogens is 1. The molecule has 2 aromatic carbocycles. The second-order valence-electron chi connectivity index (χ2n) is 4.07. The van der Waals surface area contributed by atoms with E-state index in [1.54, 1.807) is 23.0 Å². The second-order valence-corrected chi connectivity index (χ2v) is 4.50. The van der Waals surface area contributed by atoms with Gasteiger partial charge >= 0.3 is 0 Å². The van der Waals surface area contributed by atoms with Crippen molar-refractivity contribution < 1.29 is 5.11 Å². The maximum atomic E-state index is 10.3. The van der Waals surface area contributed by atoms with Gasteiger partial charge < -0.3 is 5.11 Å². The van der Waals surface area contributed by atoms with Gasteiger partial charge in [-0.25, -0.2) is 4.98 Å². The monoisotopic (exact) mass is 258 g/mol. The maximum absolute atomic E-state index is 10.3. The lowest BCUT2D eigenvalue weighted by Crippen LogP contribution is -2.08. The molecule has 1 unspecified atom stereocenters. The number of aromatic nitrogens is 2. The molecule has 0 radical (unpaired) electrons. The van der Waals surface area contributed by atoms with Crippen LogP contribution in [0.2, 0.25) is 5.02 Å². The Labute approximate surface area is 109 Å². The van der Waals surface area contributed by atoms with E-state index in [2.05, 4.69) is 4.98 Å². The fourth-order valence-electron chi connectivity index (χ4n) is 1.97. The number of aliphatic hydroxyl groups excluding tert-OH is 1. The molecule has 0 aliphatic rings. The summed E-state index contributed by atoms with van der Waals surface area (Å²) >= 11 is 5.84. The van der Waals surface area contributed by atoms with E-state index in [-0.39, 0.29) is 0 Å². The van der Waals surface area contributed by atoms with E-state index >= 15 is 0 Å². The molecule has 3 aromatic rings. The average Bonchev–Trinajstić information content (AvgIpc) is 2.82. The van der Waals surface area contributed by atoms with Crippen LogP contribution in [-0.2, 0) is 0 Å². The number of benzene rings is 2. The number of hydrogen-bond acceptors (Lipinski definition) is 2. The Morgan fingerprint density at radius 1 is 1.06 bits per heavy atom. The molecule has 0 saturated carbocycles. The van der Waals surface area contributed by atoms with Crippen molar-refractivity contribution in [2.24, 2.45) is 0 Å². The van der Waals surface area contributed by atoms with Crippen LogP contribution in [0, 0.1) is 0 Å². The number of imidazole rings is 1. The summed E-state index contributed by atoms with van der Waals surface area (Å²) in [5.41, 5.74) is 2.55. The first-order valence-corrected chi connectivity index (χ1v) is 5.98. The van der Waals surface area contributed by atoms with Crippen LogP contribution < -0.4 is 0 Å². The van der Waals surface area contributed by atoms with E-state index in [0.29, 0.717) is 5.02 Å². The van der Waals surface area contributed by atoms with Gasteiger partial charge in [0.1, 0.15) is 0 Å². The van der Waals surface area contributed by atoms with E-state index in [9.17, 15) is 5.11 Å². The van der Waals surface area contributed by atoms with Gasteiger partial charge in [-0.3, -0.25) is 4.57 Å². The highest BCUT2D eigenvalue weighted by atomic mass is 35.5. The Kier molecular flexibility index (Phi) is 2.78. The zero-order valence-corrected chi connectivity index (χ0v) is 10.2. The predicted molar refractivity (Wildman–Crippen MR) is 71.5 cm³/mol.